The third kappa shape index (κ3) is 3.05. The van der Waals surface area contributed by atoms with Gasteiger partial charge in [0.05, 0.1) is 0 Å². The molecule has 23 heavy (non-hydrogen) atoms. The summed E-state index contributed by atoms with van der Waals surface area (Å²) in [6.45, 7) is 0. The van der Waals surface area contributed by atoms with Crippen molar-refractivity contribution in [2.75, 3.05) is 7.05 Å². The second kappa shape index (κ2) is 6.30. The number of hydrogen-bond acceptors (Lipinski definition) is 1. The zero-order valence-corrected chi connectivity index (χ0v) is 14.3. The van der Waals surface area contributed by atoms with Gasteiger partial charge < -0.3 is 4.90 Å². The van der Waals surface area contributed by atoms with E-state index in [-0.39, 0.29) is 0 Å². The molecule has 0 radical (unpaired) electrons. The fraction of sp³-hybridized carbons (Fsp3) is 0.667. The van der Waals surface area contributed by atoms with E-state index in [0.29, 0.717) is 18.4 Å². The molecule has 0 N–H and O–H groups in total. The molecule has 0 saturated heterocycles. The highest BCUT2D eigenvalue weighted by Crippen LogP contribution is 2.55. The van der Waals surface area contributed by atoms with Gasteiger partial charge in [0.2, 0.25) is 5.91 Å². The largest absolute Gasteiger partial charge is 0.342 e. The molecule has 4 bridgehead atoms. The molecule has 1 aromatic rings. The summed E-state index contributed by atoms with van der Waals surface area (Å²) in [5.41, 5.74) is 1.34. The zero-order valence-electron chi connectivity index (χ0n) is 14.3. The first kappa shape index (κ1) is 15.2. The average Bonchev–Trinajstić information content (AvgIpc) is 2.54. The van der Waals surface area contributed by atoms with Crippen LogP contribution in [0.4, 0.5) is 0 Å². The molecule has 0 heterocycles. The van der Waals surface area contributed by atoms with Gasteiger partial charge in [-0.1, -0.05) is 30.3 Å². The van der Waals surface area contributed by atoms with Crippen LogP contribution in [0.3, 0.4) is 0 Å². The van der Waals surface area contributed by atoms with Crippen molar-refractivity contribution in [3.63, 3.8) is 0 Å². The number of rotatable bonds is 5. The highest BCUT2D eigenvalue weighted by atomic mass is 16.2. The van der Waals surface area contributed by atoms with Gasteiger partial charge in [0.1, 0.15) is 0 Å². The summed E-state index contributed by atoms with van der Waals surface area (Å²) in [5.74, 6) is 3.94. The molecule has 5 rings (SSSR count). The molecule has 0 aromatic heterocycles. The SMILES string of the molecule is CN(C(=O)CCCc1ccccc1)C1C2CC3CC(C2)CC1C3. The van der Waals surface area contributed by atoms with Crippen molar-refractivity contribution in [2.45, 2.75) is 57.4 Å². The van der Waals surface area contributed by atoms with E-state index in [9.17, 15) is 4.79 Å². The predicted octanol–water partition coefficient (Wildman–Crippen LogP) is 4.29. The standard InChI is InChI=1S/C21H29NO/c1-22(20(23)9-5-8-15-6-3-2-4-7-15)21-18-11-16-10-17(13-18)14-19(21)12-16/h2-4,6-7,16-19,21H,5,8-14H2,1H3. The first-order chi connectivity index (χ1) is 11.2. The van der Waals surface area contributed by atoms with Gasteiger partial charge in [0.15, 0.2) is 0 Å². The van der Waals surface area contributed by atoms with Crippen molar-refractivity contribution in [1.29, 1.82) is 0 Å². The van der Waals surface area contributed by atoms with Gasteiger partial charge in [-0.25, -0.2) is 0 Å². The van der Waals surface area contributed by atoms with Crippen LogP contribution in [-0.2, 0) is 11.2 Å². The van der Waals surface area contributed by atoms with E-state index in [1.165, 1.54) is 37.7 Å². The van der Waals surface area contributed by atoms with E-state index in [4.69, 9.17) is 0 Å². The Morgan fingerprint density at radius 2 is 1.61 bits per heavy atom. The van der Waals surface area contributed by atoms with Crippen LogP contribution in [0.1, 0.15) is 50.5 Å². The highest BCUT2D eigenvalue weighted by Gasteiger charge is 2.50. The van der Waals surface area contributed by atoms with Crippen LogP contribution in [0.5, 0.6) is 0 Å². The molecule has 4 fully saturated rings. The molecule has 1 aromatic carbocycles. The van der Waals surface area contributed by atoms with Gasteiger partial charge in [-0.2, -0.15) is 0 Å². The number of amides is 1. The summed E-state index contributed by atoms with van der Waals surface area (Å²) >= 11 is 0. The van der Waals surface area contributed by atoms with E-state index >= 15 is 0 Å². The van der Waals surface area contributed by atoms with Crippen LogP contribution in [0.2, 0.25) is 0 Å². The molecule has 0 atom stereocenters. The molecule has 4 saturated carbocycles. The Labute approximate surface area is 140 Å². The van der Waals surface area contributed by atoms with Crippen LogP contribution in [0.25, 0.3) is 0 Å². The lowest BCUT2D eigenvalue weighted by Gasteiger charge is -2.56. The Bertz CT molecular complexity index is 524. The number of carbonyl (C=O) groups excluding carboxylic acids is 1. The van der Waals surface area contributed by atoms with Crippen LogP contribution in [0, 0.1) is 23.7 Å². The second-order valence-corrected chi connectivity index (χ2v) is 8.27. The lowest BCUT2D eigenvalue weighted by Crippen LogP contribution is -2.56. The van der Waals surface area contributed by atoms with Gasteiger partial charge in [-0.15, -0.1) is 0 Å². The second-order valence-electron chi connectivity index (χ2n) is 8.27. The van der Waals surface area contributed by atoms with Crippen molar-refractivity contribution in [2.24, 2.45) is 23.7 Å². The quantitative estimate of drug-likeness (QED) is 0.794. The maximum Gasteiger partial charge on any atom is 0.222 e. The fourth-order valence-electron chi connectivity index (χ4n) is 5.96. The topological polar surface area (TPSA) is 20.3 Å². The predicted molar refractivity (Wildman–Crippen MR) is 93.0 cm³/mol. The van der Waals surface area contributed by atoms with Crippen molar-refractivity contribution in [3.8, 4) is 0 Å². The van der Waals surface area contributed by atoms with Gasteiger partial charge >= 0.3 is 0 Å². The minimum Gasteiger partial charge on any atom is -0.342 e. The highest BCUT2D eigenvalue weighted by molar-refractivity contribution is 5.76. The number of carbonyl (C=O) groups is 1. The number of nitrogens with zero attached hydrogens (tertiary/aromatic N) is 1. The number of aryl methyl sites for hydroxylation is 1. The molecular formula is C21H29NO. The lowest BCUT2D eigenvalue weighted by molar-refractivity contribution is -0.141. The van der Waals surface area contributed by atoms with Crippen LogP contribution in [-0.4, -0.2) is 23.9 Å². The number of benzene rings is 1. The van der Waals surface area contributed by atoms with E-state index in [1.807, 2.05) is 0 Å². The Hall–Kier alpha value is -1.31. The summed E-state index contributed by atoms with van der Waals surface area (Å²) in [5, 5.41) is 0. The van der Waals surface area contributed by atoms with Gasteiger partial charge in [-0.05, 0) is 74.2 Å². The Morgan fingerprint density at radius 1 is 1.00 bits per heavy atom. The van der Waals surface area contributed by atoms with E-state index in [2.05, 4.69) is 42.3 Å². The van der Waals surface area contributed by atoms with E-state index in [1.54, 1.807) is 0 Å². The smallest absolute Gasteiger partial charge is 0.222 e. The summed E-state index contributed by atoms with van der Waals surface area (Å²) in [4.78, 5) is 14.8. The van der Waals surface area contributed by atoms with Crippen molar-refractivity contribution in [3.05, 3.63) is 35.9 Å². The minimum absolute atomic E-state index is 0.374. The average molecular weight is 311 g/mol. The molecule has 2 nitrogen and oxygen atoms in total. The molecule has 2 heteroatoms. The summed E-state index contributed by atoms with van der Waals surface area (Å²) in [6, 6.07) is 11.1. The van der Waals surface area contributed by atoms with Gasteiger partial charge in [0.25, 0.3) is 0 Å². The van der Waals surface area contributed by atoms with Crippen LogP contribution < -0.4 is 0 Å². The molecule has 0 spiro atoms. The first-order valence-corrected chi connectivity index (χ1v) is 9.50. The Balaban J connectivity index is 1.32. The maximum absolute atomic E-state index is 12.7. The third-order valence-electron chi connectivity index (χ3n) is 6.72. The molecule has 0 unspecified atom stereocenters. The third-order valence-corrected chi connectivity index (χ3v) is 6.72. The van der Waals surface area contributed by atoms with Crippen LogP contribution in [0.15, 0.2) is 30.3 Å². The Morgan fingerprint density at radius 3 is 2.22 bits per heavy atom. The molecule has 4 aliphatic carbocycles. The molecule has 4 aliphatic rings. The van der Waals surface area contributed by atoms with Crippen molar-refractivity contribution >= 4 is 5.91 Å². The molecule has 124 valence electrons. The lowest BCUT2D eigenvalue weighted by atomic mass is 9.54. The molecule has 0 aliphatic heterocycles. The molecule has 1 amide bonds. The monoisotopic (exact) mass is 311 g/mol. The first-order valence-electron chi connectivity index (χ1n) is 9.50. The maximum atomic E-state index is 12.7. The van der Waals surface area contributed by atoms with E-state index < -0.39 is 0 Å². The van der Waals surface area contributed by atoms with Gasteiger partial charge in [0, 0.05) is 19.5 Å². The molecular weight excluding hydrogens is 282 g/mol. The van der Waals surface area contributed by atoms with Crippen molar-refractivity contribution in [1.82, 2.24) is 4.90 Å². The number of hydrogen-bond donors (Lipinski definition) is 0. The zero-order chi connectivity index (χ0) is 15.8. The van der Waals surface area contributed by atoms with E-state index in [0.717, 1.165) is 36.5 Å². The Kier molecular flexibility index (Phi) is 4.17. The fourth-order valence-corrected chi connectivity index (χ4v) is 5.96. The van der Waals surface area contributed by atoms with Gasteiger partial charge in [-0.3, -0.25) is 4.79 Å². The van der Waals surface area contributed by atoms with Crippen molar-refractivity contribution < 1.29 is 4.79 Å². The summed E-state index contributed by atoms with van der Waals surface area (Å²) in [7, 11) is 2.08. The van der Waals surface area contributed by atoms with Crippen LogP contribution >= 0.6 is 0 Å². The minimum atomic E-state index is 0.374. The summed E-state index contributed by atoms with van der Waals surface area (Å²) in [6.07, 6.45) is 9.72. The summed E-state index contributed by atoms with van der Waals surface area (Å²) < 4.78 is 0. The normalized spacial score (nSPS) is 34.6.